The Morgan fingerprint density at radius 1 is 1.31 bits per heavy atom. The predicted octanol–water partition coefficient (Wildman–Crippen LogP) is 0.0512. The van der Waals surface area contributed by atoms with E-state index in [0.29, 0.717) is 6.54 Å². The highest BCUT2D eigenvalue weighted by Gasteiger charge is 2.18. The maximum atomic E-state index is 9.81. The van der Waals surface area contributed by atoms with Crippen molar-refractivity contribution in [2.75, 3.05) is 39.3 Å². The van der Waals surface area contributed by atoms with E-state index in [4.69, 9.17) is 5.11 Å². The number of rotatable bonds is 7. The first kappa shape index (κ1) is 13.9. The third-order valence-electron chi connectivity index (χ3n) is 3.08. The highest BCUT2D eigenvalue weighted by Crippen LogP contribution is 2.11. The van der Waals surface area contributed by atoms with Crippen LogP contribution in [0.25, 0.3) is 0 Å². The Balaban J connectivity index is 2.07. The van der Waals surface area contributed by atoms with Crippen molar-refractivity contribution in [3.63, 3.8) is 0 Å². The Kier molecular flexibility index (Phi) is 5.69. The lowest BCUT2D eigenvalue weighted by Crippen LogP contribution is -2.40. The number of nitrogens with one attached hydrogen (secondary N) is 1. The Hall–Kier alpha value is -0.160. The van der Waals surface area contributed by atoms with Crippen molar-refractivity contribution in [3.8, 4) is 0 Å². The number of likely N-dealkylation sites (tertiary alicyclic amines) is 1. The van der Waals surface area contributed by atoms with E-state index >= 15 is 0 Å². The average molecular weight is 230 g/mol. The molecule has 0 aromatic carbocycles. The molecule has 1 heterocycles. The number of nitrogens with zero attached hydrogens (tertiary/aromatic N) is 1. The summed E-state index contributed by atoms with van der Waals surface area (Å²) >= 11 is 0. The first-order valence-electron chi connectivity index (χ1n) is 6.25. The van der Waals surface area contributed by atoms with Crippen LogP contribution in [0.3, 0.4) is 0 Å². The first-order chi connectivity index (χ1) is 7.53. The van der Waals surface area contributed by atoms with E-state index < -0.39 is 0 Å². The van der Waals surface area contributed by atoms with Crippen molar-refractivity contribution in [1.82, 2.24) is 10.2 Å². The number of aliphatic hydroxyl groups excluding tert-OH is 2. The Bertz CT molecular complexity index is 191. The minimum absolute atomic E-state index is 0.104. The fourth-order valence-corrected chi connectivity index (χ4v) is 1.96. The molecule has 1 fully saturated rings. The molecule has 0 radical (unpaired) electrons. The van der Waals surface area contributed by atoms with Crippen LogP contribution in [0.1, 0.15) is 26.7 Å². The summed E-state index contributed by atoms with van der Waals surface area (Å²) in [6, 6.07) is 0. The molecule has 4 heteroatoms. The number of hydrogen-bond donors (Lipinski definition) is 3. The van der Waals surface area contributed by atoms with Crippen LogP contribution < -0.4 is 5.32 Å². The molecule has 1 atom stereocenters. The maximum Gasteiger partial charge on any atom is 0.0791 e. The molecular formula is C12H26N2O2. The molecule has 96 valence electrons. The van der Waals surface area contributed by atoms with E-state index in [1.54, 1.807) is 0 Å². The Morgan fingerprint density at radius 2 is 1.94 bits per heavy atom. The molecule has 0 aromatic rings. The van der Waals surface area contributed by atoms with Gasteiger partial charge in [-0.25, -0.2) is 0 Å². The molecule has 0 spiro atoms. The summed E-state index contributed by atoms with van der Waals surface area (Å²) < 4.78 is 0. The van der Waals surface area contributed by atoms with Crippen molar-refractivity contribution in [2.24, 2.45) is 5.41 Å². The second-order valence-electron chi connectivity index (χ2n) is 5.61. The standard InChI is InChI=1S/C12H26N2O2/c1-12(2,10-15)9-13-7-11(16)8-14-5-3-4-6-14/h11,13,15-16H,3-10H2,1-2H3. The van der Waals surface area contributed by atoms with Crippen molar-refractivity contribution in [3.05, 3.63) is 0 Å². The van der Waals surface area contributed by atoms with Gasteiger partial charge in [0.25, 0.3) is 0 Å². The molecule has 16 heavy (non-hydrogen) atoms. The van der Waals surface area contributed by atoms with Crippen LogP contribution in [0.15, 0.2) is 0 Å². The molecule has 3 N–H and O–H groups in total. The number of β-amino-alcohol motifs (C(OH)–C–C–N with tert-alkyl or cyclic N) is 1. The lowest BCUT2D eigenvalue weighted by molar-refractivity contribution is 0.112. The van der Waals surface area contributed by atoms with Gasteiger partial charge in [0, 0.05) is 31.7 Å². The molecule has 4 nitrogen and oxygen atoms in total. The van der Waals surface area contributed by atoms with Gasteiger partial charge in [0.2, 0.25) is 0 Å². The monoisotopic (exact) mass is 230 g/mol. The predicted molar refractivity (Wildman–Crippen MR) is 65.4 cm³/mol. The smallest absolute Gasteiger partial charge is 0.0791 e. The Labute approximate surface area is 98.6 Å². The zero-order valence-corrected chi connectivity index (χ0v) is 10.6. The van der Waals surface area contributed by atoms with Gasteiger partial charge in [0.15, 0.2) is 0 Å². The molecule has 1 aliphatic rings. The van der Waals surface area contributed by atoms with Crippen molar-refractivity contribution < 1.29 is 10.2 Å². The first-order valence-corrected chi connectivity index (χ1v) is 6.25. The van der Waals surface area contributed by atoms with Crippen LogP contribution in [-0.2, 0) is 0 Å². The number of hydrogen-bond acceptors (Lipinski definition) is 4. The van der Waals surface area contributed by atoms with Gasteiger partial charge in [0.05, 0.1) is 6.10 Å². The van der Waals surface area contributed by atoms with Gasteiger partial charge >= 0.3 is 0 Å². The van der Waals surface area contributed by atoms with Gasteiger partial charge in [0.1, 0.15) is 0 Å². The van der Waals surface area contributed by atoms with Crippen LogP contribution in [0, 0.1) is 5.41 Å². The number of aliphatic hydroxyl groups is 2. The van der Waals surface area contributed by atoms with Gasteiger partial charge in [-0.05, 0) is 25.9 Å². The average Bonchev–Trinajstić information content (AvgIpc) is 2.70. The summed E-state index contributed by atoms with van der Waals surface area (Å²) in [5, 5.41) is 22.1. The van der Waals surface area contributed by atoms with Crippen LogP contribution >= 0.6 is 0 Å². The molecular weight excluding hydrogens is 204 g/mol. The molecule has 0 aromatic heterocycles. The summed E-state index contributed by atoms with van der Waals surface area (Å²) in [4.78, 5) is 2.31. The van der Waals surface area contributed by atoms with E-state index in [0.717, 1.165) is 26.2 Å². The topological polar surface area (TPSA) is 55.7 Å². The molecule has 0 saturated carbocycles. The lowest BCUT2D eigenvalue weighted by atomic mass is 9.95. The molecule has 0 aliphatic carbocycles. The second kappa shape index (κ2) is 6.55. The summed E-state index contributed by atoms with van der Waals surface area (Å²) in [6.45, 7) is 8.55. The molecule has 0 bridgehead atoms. The molecule has 0 amide bonds. The lowest BCUT2D eigenvalue weighted by Gasteiger charge is -2.24. The summed E-state index contributed by atoms with van der Waals surface area (Å²) in [7, 11) is 0. The van der Waals surface area contributed by atoms with Crippen LogP contribution in [0.2, 0.25) is 0 Å². The maximum absolute atomic E-state index is 9.81. The van der Waals surface area contributed by atoms with Gasteiger partial charge in [-0.2, -0.15) is 0 Å². The highest BCUT2D eigenvalue weighted by molar-refractivity contribution is 4.74. The van der Waals surface area contributed by atoms with Crippen LogP contribution in [0.4, 0.5) is 0 Å². The zero-order chi connectivity index (χ0) is 12.0. The quantitative estimate of drug-likeness (QED) is 0.578. The van der Waals surface area contributed by atoms with Crippen LogP contribution in [0.5, 0.6) is 0 Å². The summed E-state index contributed by atoms with van der Waals surface area (Å²) in [5.74, 6) is 0. The largest absolute Gasteiger partial charge is 0.396 e. The van der Waals surface area contributed by atoms with Crippen LogP contribution in [-0.4, -0.2) is 60.5 Å². The molecule has 1 saturated heterocycles. The third-order valence-corrected chi connectivity index (χ3v) is 3.08. The molecule has 1 rings (SSSR count). The minimum atomic E-state index is -0.299. The molecule has 1 unspecified atom stereocenters. The van der Waals surface area contributed by atoms with Crippen molar-refractivity contribution in [1.29, 1.82) is 0 Å². The minimum Gasteiger partial charge on any atom is -0.396 e. The van der Waals surface area contributed by atoms with Gasteiger partial charge < -0.3 is 20.4 Å². The normalized spacial score (nSPS) is 20.2. The Morgan fingerprint density at radius 3 is 2.50 bits per heavy atom. The van der Waals surface area contributed by atoms with Gasteiger partial charge in [-0.3, -0.25) is 0 Å². The third kappa shape index (κ3) is 5.25. The second-order valence-corrected chi connectivity index (χ2v) is 5.61. The van der Waals surface area contributed by atoms with E-state index in [2.05, 4.69) is 10.2 Å². The van der Waals surface area contributed by atoms with Gasteiger partial charge in [-0.1, -0.05) is 13.8 Å². The summed E-state index contributed by atoms with van der Waals surface area (Å²) in [6.07, 6.45) is 2.22. The van der Waals surface area contributed by atoms with E-state index in [1.807, 2.05) is 13.8 Å². The molecule has 1 aliphatic heterocycles. The van der Waals surface area contributed by atoms with E-state index in [1.165, 1.54) is 12.8 Å². The van der Waals surface area contributed by atoms with E-state index in [9.17, 15) is 5.11 Å². The highest BCUT2D eigenvalue weighted by atomic mass is 16.3. The van der Waals surface area contributed by atoms with Crippen molar-refractivity contribution in [2.45, 2.75) is 32.8 Å². The summed E-state index contributed by atoms with van der Waals surface area (Å²) in [5.41, 5.74) is -0.104. The van der Waals surface area contributed by atoms with E-state index in [-0.39, 0.29) is 18.1 Å². The fourth-order valence-electron chi connectivity index (χ4n) is 1.96. The van der Waals surface area contributed by atoms with Gasteiger partial charge in [-0.15, -0.1) is 0 Å². The fraction of sp³-hybridized carbons (Fsp3) is 1.00. The van der Waals surface area contributed by atoms with Crippen molar-refractivity contribution >= 4 is 0 Å². The zero-order valence-electron chi connectivity index (χ0n) is 10.6. The SMILES string of the molecule is CC(C)(CO)CNCC(O)CN1CCCC1.